The summed E-state index contributed by atoms with van der Waals surface area (Å²) in [7, 11) is 1.54. The van der Waals surface area contributed by atoms with Crippen molar-refractivity contribution in [2.45, 2.75) is 13.0 Å². The van der Waals surface area contributed by atoms with E-state index in [2.05, 4.69) is 38.4 Å². The lowest BCUT2D eigenvalue weighted by molar-refractivity contribution is -0.126. The fourth-order valence-electron chi connectivity index (χ4n) is 2.79. The third-order valence-corrected chi connectivity index (χ3v) is 5.13. The normalized spacial score (nSPS) is 10.6. The standard InChI is InChI=1S/C24H21FIN3O4/c1-32-21-12-17(11-20(26)24(21)33-15-16-5-3-2-4-6-16)14-27-29-23(31)13-22(30)28-19-9-7-18(25)8-10-19/h2-12,14H,13,15H2,1H3,(H,28,30)(H,29,31). The van der Waals surface area contributed by atoms with E-state index in [1.807, 2.05) is 36.4 Å². The number of nitrogens with one attached hydrogen (secondary N) is 2. The van der Waals surface area contributed by atoms with E-state index < -0.39 is 24.1 Å². The molecule has 0 unspecified atom stereocenters. The Morgan fingerprint density at radius 2 is 1.79 bits per heavy atom. The zero-order valence-corrected chi connectivity index (χ0v) is 19.8. The molecule has 0 saturated heterocycles. The summed E-state index contributed by atoms with van der Waals surface area (Å²) in [6.07, 6.45) is 1.02. The van der Waals surface area contributed by atoms with Gasteiger partial charge in [-0.1, -0.05) is 30.3 Å². The first-order valence-corrected chi connectivity index (χ1v) is 10.9. The molecular formula is C24H21FIN3O4. The SMILES string of the molecule is COc1cc(C=NNC(=O)CC(=O)Nc2ccc(F)cc2)cc(I)c1OCc1ccccc1. The largest absolute Gasteiger partial charge is 0.493 e. The number of nitrogens with zero attached hydrogens (tertiary/aromatic N) is 1. The molecule has 0 atom stereocenters. The summed E-state index contributed by atoms with van der Waals surface area (Å²) < 4.78 is 25.1. The second-order valence-corrected chi connectivity index (χ2v) is 8.00. The second kappa shape index (κ2) is 12.0. The monoisotopic (exact) mass is 561 g/mol. The van der Waals surface area contributed by atoms with Gasteiger partial charge >= 0.3 is 0 Å². The molecule has 3 aromatic carbocycles. The predicted molar refractivity (Wildman–Crippen MR) is 132 cm³/mol. The van der Waals surface area contributed by atoms with Crippen LogP contribution in [-0.2, 0) is 16.2 Å². The number of rotatable bonds is 9. The Labute approximate surface area is 204 Å². The Bertz CT molecular complexity index is 1140. The van der Waals surface area contributed by atoms with E-state index in [0.29, 0.717) is 29.4 Å². The van der Waals surface area contributed by atoms with E-state index in [-0.39, 0.29) is 0 Å². The third kappa shape index (κ3) is 7.56. The Kier molecular flexibility index (Phi) is 8.76. The van der Waals surface area contributed by atoms with Crippen LogP contribution in [0.1, 0.15) is 17.5 Å². The van der Waals surface area contributed by atoms with Crippen LogP contribution in [0.25, 0.3) is 0 Å². The molecule has 0 radical (unpaired) electrons. The minimum atomic E-state index is -0.588. The molecule has 2 amide bonds. The van der Waals surface area contributed by atoms with Crippen molar-refractivity contribution in [2.75, 3.05) is 12.4 Å². The van der Waals surface area contributed by atoms with Crippen molar-refractivity contribution >= 4 is 46.3 Å². The van der Waals surface area contributed by atoms with Gasteiger partial charge in [-0.15, -0.1) is 0 Å². The van der Waals surface area contributed by atoms with E-state index in [9.17, 15) is 14.0 Å². The molecule has 0 saturated carbocycles. The molecule has 0 fully saturated rings. The number of anilines is 1. The summed E-state index contributed by atoms with van der Waals surface area (Å²) in [4.78, 5) is 23.9. The fourth-order valence-corrected chi connectivity index (χ4v) is 3.57. The summed E-state index contributed by atoms with van der Waals surface area (Å²) in [5, 5.41) is 6.41. The van der Waals surface area contributed by atoms with Gasteiger partial charge in [0.1, 0.15) is 18.8 Å². The molecule has 0 heterocycles. The maximum absolute atomic E-state index is 12.9. The lowest BCUT2D eigenvalue weighted by Gasteiger charge is -2.13. The molecule has 0 aromatic heterocycles. The van der Waals surface area contributed by atoms with Gasteiger partial charge in [0.2, 0.25) is 11.8 Å². The maximum Gasteiger partial charge on any atom is 0.249 e. The van der Waals surface area contributed by atoms with Crippen LogP contribution >= 0.6 is 22.6 Å². The van der Waals surface area contributed by atoms with Gasteiger partial charge in [0.05, 0.1) is 16.9 Å². The molecule has 0 aliphatic rings. The number of hydrogen-bond donors (Lipinski definition) is 2. The number of hydrogen-bond acceptors (Lipinski definition) is 5. The first-order valence-electron chi connectivity index (χ1n) is 9.86. The molecule has 33 heavy (non-hydrogen) atoms. The van der Waals surface area contributed by atoms with Crippen LogP contribution in [-0.4, -0.2) is 25.1 Å². The molecular weight excluding hydrogens is 540 g/mol. The molecule has 0 aliphatic heterocycles. The van der Waals surface area contributed by atoms with Crippen molar-refractivity contribution in [3.8, 4) is 11.5 Å². The number of carbonyl (C=O) groups is 2. The van der Waals surface area contributed by atoms with Gasteiger partial charge in [0.15, 0.2) is 11.5 Å². The Hall–Kier alpha value is -3.47. The van der Waals surface area contributed by atoms with Crippen LogP contribution in [0.4, 0.5) is 10.1 Å². The third-order valence-electron chi connectivity index (χ3n) is 4.33. The van der Waals surface area contributed by atoms with E-state index >= 15 is 0 Å². The maximum atomic E-state index is 12.9. The molecule has 3 aromatic rings. The van der Waals surface area contributed by atoms with Crippen molar-refractivity contribution in [1.29, 1.82) is 0 Å². The van der Waals surface area contributed by atoms with E-state index in [1.165, 1.54) is 30.5 Å². The highest BCUT2D eigenvalue weighted by atomic mass is 127. The molecule has 7 nitrogen and oxygen atoms in total. The van der Waals surface area contributed by atoms with Gasteiger partial charge in [-0.3, -0.25) is 9.59 Å². The first-order chi connectivity index (χ1) is 15.9. The molecule has 0 aliphatic carbocycles. The summed E-state index contributed by atoms with van der Waals surface area (Å²) in [6.45, 7) is 0.399. The zero-order chi connectivity index (χ0) is 23.6. The molecule has 3 rings (SSSR count). The van der Waals surface area contributed by atoms with E-state index in [4.69, 9.17) is 9.47 Å². The van der Waals surface area contributed by atoms with Crippen molar-refractivity contribution in [1.82, 2.24) is 5.43 Å². The second-order valence-electron chi connectivity index (χ2n) is 6.83. The molecule has 9 heteroatoms. The lowest BCUT2D eigenvalue weighted by Crippen LogP contribution is -2.24. The molecule has 170 valence electrons. The van der Waals surface area contributed by atoms with E-state index in [1.54, 1.807) is 13.2 Å². The topological polar surface area (TPSA) is 89.0 Å². The summed E-state index contributed by atoms with van der Waals surface area (Å²) in [5.74, 6) is -0.396. The number of amides is 2. The Morgan fingerprint density at radius 3 is 2.48 bits per heavy atom. The van der Waals surface area contributed by atoms with Crippen LogP contribution in [0.15, 0.2) is 71.8 Å². The lowest BCUT2D eigenvalue weighted by atomic mass is 10.2. The molecule has 0 spiro atoms. The highest BCUT2D eigenvalue weighted by Gasteiger charge is 2.12. The van der Waals surface area contributed by atoms with Crippen molar-refractivity contribution in [3.05, 3.63) is 87.2 Å². The number of methoxy groups -OCH3 is 1. The molecule has 0 bridgehead atoms. The summed E-state index contributed by atoms with van der Waals surface area (Å²) >= 11 is 2.14. The van der Waals surface area contributed by atoms with Crippen molar-refractivity contribution < 1.29 is 23.5 Å². The van der Waals surface area contributed by atoms with Crippen LogP contribution in [0, 0.1) is 9.39 Å². The van der Waals surface area contributed by atoms with Crippen LogP contribution < -0.4 is 20.2 Å². The van der Waals surface area contributed by atoms with Crippen LogP contribution in [0.2, 0.25) is 0 Å². The number of carbonyl (C=O) groups excluding carboxylic acids is 2. The zero-order valence-electron chi connectivity index (χ0n) is 17.7. The van der Waals surface area contributed by atoms with Gasteiger partial charge in [0.25, 0.3) is 0 Å². The van der Waals surface area contributed by atoms with Crippen molar-refractivity contribution in [3.63, 3.8) is 0 Å². The smallest absolute Gasteiger partial charge is 0.249 e. The predicted octanol–water partition coefficient (Wildman–Crippen LogP) is 4.50. The van der Waals surface area contributed by atoms with Gasteiger partial charge in [-0.25, -0.2) is 9.82 Å². The van der Waals surface area contributed by atoms with Gasteiger partial charge in [-0.2, -0.15) is 5.10 Å². The summed E-state index contributed by atoms with van der Waals surface area (Å²) in [6, 6.07) is 18.6. The first kappa shape index (κ1) is 24.2. The summed E-state index contributed by atoms with van der Waals surface area (Å²) in [5.41, 5.74) is 4.42. The number of benzene rings is 3. The van der Waals surface area contributed by atoms with Gasteiger partial charge in [0, 0.05) is 5.69 Å². The number of ether oxygens (including phenoxy) is 2. The van der Waals surface area contributed by atoms with Crippen LogP contribution in [0.5, 0.6) is 11.5 Å². The van der Waals surface area contributed by atoms with Gasteiger partial charge in [-0.05, 0) is 70.1 Å². The number of hydrazone groups is 1. The Balaban J connectivity index is 1.55. The highest BCUT2D eigenvalue weighted by molar-refractivity contribution is 14.1. The van der Waals surface area contributed by atoms with Crippen LogP contribution in [0.3, 0.4) is 0 Å². The van der Waals surface area contributed by atoms with Crippen molar-refractivity contribution in [2.24, 2.45) is 5.10 Å². The molecule has 2 N–H and O–H groups in total. The van der Waals surface area contributed by atoms with Gasteiger partial charge < -0.3 is 14.8 Å². The average molecular weight is 561 g/mol. The minimum Gasteiger partial charge on any atom is -0.493 e. The fraction of sp³-hybridized carbons (Fsp3) is 0.125. The highest BCUT2D eigenvalue weighted by Crippen LogP contribution is 2.34. The number of halogens is 2. The minimum absolute atomic E-state index is 0.397. The van der Waals surface area contributed by atoms with E-state index in [0.717, 1.165) is 9.13 Å². The Morgan fingerprint density at radius 1 is 1.06 bits per heavy atom. The average Bonchev–Trinajstić information content (AvgIpc) is 2.80. The quantitative estimate of drug-likeness (QED) is 0.174.